The van der Waals surface area contributed by atoms with Gasteiger partial charge in [0.2, 0.25) is 0 Å². The standard InChI is InChI=1S/C18H23N3/c1-21(2)16-8-5-7-15(12-16)20-18-10-11-19-13-14-6-3-4-9-17(14)18/h3-9,12,18-20H,10-11,13H2,1-2H3. The molecule has 110 valence electrons. The summed E-state index contributed by atoms with van der Waals surface area (Å²) in [5, 5.41) is 7.21. The molecule has 0 saturated carbocycles. The second-order valence-electron chi connectivity index (χ2n) is 5.81. The van der Waals surface area contributed by atoms with Crippen LogP contribution in [0.5, 0.6) is 0 Å². The maximum atomic E-state index is 3.71. The molecular weight excluding hydrogens is 258 g/mol. The minimum Gasteiger partial charge on any atom is -0.378 e. The summed E-state index contributed by atoms with van der Waals surface area (Å²) in [6.45, 7) is 2.01. The zero-order valence-corrected chi connectivity index (χ0v) is 12.8. The third-order valence-corrected chi connectivity index (χ3v) is 4.06. The van der Waals surface area contributed by atoms with Gasteiger partial charge in [-0.1, -0.05) is 30.3 Å². The number of benzene rings is 2. The molecular formula is C18H23N3. The third kappa shape index (κ3) is 3.19. The van der Waals surface area contributed by atoms with Crippen molar-refractivity contribution >= 4 is 11.4 Å². The summed E-state index contributed by atoms with van der Waals surface area (Å²) in [6.07, 6.45) is 1.10. The molecule has 21 heavy (non-hydrogen) atoms. The van der Waals surface area contributed by atoms with Crippen molar-refractivity contribution in [3.05, 3.63) is 59.7 Å². The topological polar surface area (TPSA) is 27.3 Å². The molecule has 2 N–H and O–H groups in total. The molecule has 0 fully saturated rings. The van der Waals surface area contributed by atoms with Crippen LogP contribution in [0.2, 0.25) is 0 Å². The molecule has 0 amide bonds. The zero-order valence-electron chi connectivity index (χ0n) is 12.8. The average Bonchev–Trinajstić information content (AvgIpc) is 2.70. The highest BCUT2D eigenvalue weighted by atomic mass is 15.1. The molecule has 3 nitrogen and oxygen atoms in total. The lowest BCUT2D eigenvalue weighted by Crippen LogP contribution is -2.15. The van der Waals surface area contributed by atoms with E-state index in [-0.39, 0.29) is 0 Å². The predicted molar refractivity (Wildman–Crippen MR) is 89.9 cm³/mol. The van der Waals surface area contributed by atoms with Crippen LogP contribution in [-0.4, -0.2) is 20.6 Å². The minimum absolute atomic E-state index is 0.369. The van der Waals surface area contributed by atoms with Crippen LogP contribution in [0.3, 0.4) is 0 Å². The molecule has 2 aromatic carbocycles. The first-order chi connectivity index (χ1) is 10.2. The molecule has 0 bridgehead atoms. The van der Waals surface area contributed by atoms with E-state index in [1.54, 1.807) is 0 Å². The Morgan fingerprint density at radius 3 is 2.81 bits per heavy atom. The maximum absolute atomic E-state index is 3.71. The molecule has 2 aromatic rings. The summed E-state index contributed by atoms with van der Waals surface area (Å²) < 4.78 is 0. The number of nitrogens with one attached hydrogen (secondary N) is 2. The number of fused-ring (bicyclic) bond motifs is 1. The molecule has 1 aliphatic rings. The second kappa shape index (κ2) is 6.19. The minimum atomic E-state index is 0.369. The van der Waals surface area contributed by atoms with Crippen molar-refractivity contribution < 1.29 is 0 Å². The lowest BCUT2D eigenvalue weighted by Gasteiger charge is -2.21. The highest BCUT2D eigenvalue weighted by molar-refractivity contribution is 5.58. The quantitative estimate of drug-likeness (QED) is 0.903. The van der Waals surface area contributed by atoms with Crippen LogP contribution in [0.4, 0.5) is 11.4 Å². The Balaban J connectivity index is 1.86. The Bertz CT molecular complexity index is 607. The van der Waals surface area contributed by atoms with E-state index in [1.165, 1.54) is 22.5 Å². The van der Waals surface area contributed by atoms with Gasteiger partial charge in [-0.3, -0.25) is 0 Å². The highest BCUT2D eigenvalue weighted by Crippen LogP contribution is 2.28. The van der Waals surface area contributed by atoms with Gasteiger partial charge in [-0.25, -0.2) is 0 Å². The van der Waals surface area contributed by atoms with Crippen LogP contribution in [0.1, 0.15) is 23.6 Å². The van der Waals surface area contributed by atoms with E-state index < -0.39 is 0 Å². The number of nitrogens with zero attached hydrogens (tertiary/aromatic N) is 1. The van der Waals surface area contributed by atoms with Crippen molar-refractivity contribution in [1.82, 2.24) is 5.32 Å². The third-order valence-electron chi connectivity index (χ3n) is 4.06. The molecule has 1 heterocycles. The summed E-state index contributed by atoms with van der Waals surface area (Å²) in [5.41, 5.74) is 5.22. The van der Waals surface area contributed by atoms with Gasteiger partial charge < -0.3 is 15.5 Å². The van der Waals surface area contributed by atoms with Gasteiger partial charge in [-0.15, -0.1) is 0 Å². The molecule has 3 rings (SSSR count). The molecule has 1 unspecified atom stereocenters. The van der Waals surface area contributed by atoms with Gasteiger partial charge in [0.1, 0.15) is 0 Å². The van der Waals surface area contributed by atoms with Crippen molar-refractivity contribution in [2.45, 2.75) is 19.0 Å². The average molecular weight is 281 g/mol. The van der Waals surface area contributed by atoms with Crippen molar-refractivity contribution in [1.29, 1.82) is 0 Å². The van der Waals surface area contributed by atoms with Crippen LogP contribution >= 0.6 is 0 Å². The van der Waals surface area contributed by atoms with Crippen molar-refractivity contribution in [3.8, 4) is 0 Å². The Morgan fingerprint density at radius 1 is 1.10 bits per heavy atom. The van der Waals surface area contributed by atoms with E-state index in [0.717, 1.165) is 19.5 Å². The van der Waals surface area contributed by atoms with Gasteiger partial charge >= 0.3 is 0 Å². The molecule has 0 aliphatic carbocycles. The lowest BCUT2D eigenvalue weighted by atomic mass is 9.99. The summed E-state index contributed by atoms with van der Waals surface area (Å²) in [4.78, 5) is 2.13. The Morgan fingerprint density at radius 2 is 1.95 bits per heavy atom. The zero-order chi connectivity index (χ0) is 14.7. The van der Waals surface area contributed by atoms with Gasteiger partial charge in [0.05, 0.1) is 6.04 Å². The first-order valence-corrected chi connectivity index (χ1v) is 7.56. The molecule has 3 heteroatoms. The Hall–Kier alpha value is -2.00. The summed E-state index contributed by atoms with van der Waals surface area (Å²) in [5.74, 6) is 0. The SMILES string of the molecule is CN(C)c1cccc(NC2CCNCc3ccccc32)c1. The summed E-state index contributed by atoms with van der Waals surface area (Å²) >= 11 is 0. The second-order valence-corrected chi connectivity index (χ2v) is 5.81. The number of rotatable bonds is 3. The predicted octanol–water partition coefficient (Wildman–Crippen LogP) is 3.40. The monoisotopic (exact) mass is 281 g/mol. The van der Waals surface area contributed by atoms with Crippen LogP contribution < -0.4 is 15.5 Å². The van der Waals surface area contributed by atoms with Gasteiger partial charge in [-0.05, 0) is 42.3 Å². The van der Waals surface area contributed by atoms with E-state index in [1.807, 2.05) is 0 Å². The Labute approximate surface area is 127 Å². The fourth-order valence-corrected chi connectivity index (χ4v) is 2.89. The van der Waals surface area contributed by atoms with E-state index >= 15 is 0 Å². The van der Waals surface area contributed by atoms with E-state index in [0.29, 0.717) is 6.04 Å². The normalized spacial score (nSPS) is 17.7. The highest BCUT2D eigenvalue weighted by Gasteiger charge is 2.17. The van der Waals surface area contributed by atoms with Gasteiger partial charge in [-0.2, -0.15) is 0 Å². The molecule has 0 aromatic heterocycles. The smallest absolute Gasteiger partial charge is 0.0529 e. The van der Waals surface area contributed by atoms with E-state index in [2.05, 4.69) is 78.2 Å². The molecule has 0 spiro atoms. The van der Waals surface area contributed by atoms with Gasteiger partial charge in [0.25, 0.3) is 0 Å². The fourth-order valence-electron chi connectivity index (χ4n) is 2.89. The van der Waals surface area contributed by atoms with Gasteiger partial charge in [0.15, 0.2) is 0 Å². The number of anilines is 2. The molecule has 1 atom stereocenters. The number of hydrogen-bond donors (Lipinski definition) is 2. The first kappa shape index (κ1) is 14.0. The molecule has 0 saturated heterocycles. The van der Waals surface area contributed by atoms with E-state index in [4.69, 9.17) is 0 Å². The van der Waals surface area contributed by atoms with Crippen LogP contribution in [-0.2, 0) is 6.54 Å². The largest absolute Gasteiger partial charge is 0.378 e. The molecule has 1 aliphatic heterocycles. The van der Waals surface area contributed by atoms with Crippen molar-refractivity contribution in [2.75, 3.05) is 30.9 Å². The summed E-state index contributed by atoms with van der Waals surface area (Å²) in [7, 11) is 4.15. The van der Waals surface area contributed by atoms with Crippen molar-refractivity contribution in [3.63, 3.8) is 0 Å². The fraction of sp³-hybridized carbons (Fsp3) is 0.333. The lowest BCUT2D eigenvalue weighted by molar-refractivity contribution is 0.637. The van der Waals surface area contributed by atoms with Crippen LogP contribution in [0.15, 0.2) is 48.5 Å². The van der Waals surface area contributed by atoms with Crippen LogP contribution in [0, 0.1) is 0 Å². The van der Waals surface area contributed by atoms with Gasteiger partial charge in [0, 0.05) is 32.0 Å². The van der Waals surface area contributed by atoms with Crippen LogP contribution in [0.25, 0.3) is 0 Å². The van der Waals surface area contributed by atoms with E-state index in [9.17, 15) is 0 Å². The maximum Gasteiger partial charge on any atom is 0.0529 e. The Kier molecular flexibility index (Phi) is 4.11. The van der Waals surface area contributed by atoms with Crippen molar-refractivity contribution in [2.24, 2.45) is 0 Å². The molecule has 0 radical (unpaired) electrons. The summed E-state index contributed by atoms with van der Waals surface area (Å²) in [6, 6.07) is 17.7. The number of hydrogen-bond acceptors (Lipinski definition) is 3. The first-order valence-electron chi connectivity index (χ1n) is 7.56.